The number of imidazole rings is 1. The number of para-hydroxylation sites is 4. The molecule has 0 spiro atoms. The van der Waals surface area contributed by atoms with Gasteiger partial charge in [-0.1, -0.05) is 114 Å². The summed E-state index contributed by atoms with van der Waals surface area (Å²) in [5, 5.41) is 4.49. The maximum Gasteiger partial charge on any atom is 0.144 e. The first-order chi connectivity index (χ1) is 30.1. The molecule has 1 aliphatic rings. The Bertz CT molecular complexity index is 2820. The molecule has 7 aromatic carbocycles. The number of hydrogen-bond acceptors (Lipinski definition) is 5. The molecule has 1 unspecified atom stereocenters. The van der Waals surface area contributed by atoms with Crippen molar-refractivity contribution < 1.29 is 4.48 Å². The lowest BCUT2D eigenvalue weighted by atomic mass is 9.88. The third kappa shape index (κ3) is 7.30. The number of benzene rings is 7. The number of nitrogens with one attached hydrogen (secondary N) is 1. The monoisotopic (exact) mass is 814 g/mol. The van der Waals surface area contributed by atoms with Crippen LogP contribution in [-0.4, -0.2) is 9.55 Å². The molecule has 62 heavy (non-hydrogen) atoms. The SMILES string of the molecule is Cc1cc(-c2cccc(N(c3ccccc3)c3ccccc3)c2)cc(C)c1N1C=CNC1c1ccccc1N(F)C(C)(C)c1ccccc1-c1nccn1-c1c(C)cccc1C. The molecule has 0 amide bonds. The van der Waals surface area contributed by atoms with E-state index < -0.39 is 5.54 Å². The van der Waals surface area contributed by atoms with E-state index in [1.54, 1.807) is 0 Å². The van der Waals surface area contributed by atoms with Gasteiger partial charge in [-0.25, -0.2) is 10.1 Å². The molecule has 0 saturated heterocycles. The molecule has 9 rings (SSSR count). The van der Waals surface area contributed by atoms with Crippen LogP contribution in [0, 0.1) is 27.7 Å². The summed E-state index contributed by atoms with van der Waals surface area (Å²) in [4.78, 5) is 9.36. The number of hydrogen-bond donors (Lipinski definition) is 1. The zero-order valence-electron chi connectivity index (χ0n) is 36.1. The molecule has 0 radical (unpaired) electrons. The lowest BCUT2D eigenvalue weighted by Crippen LogP contribution is -2.38. The minimum absolute atomic E-state index is 0.352. The largest absolute Gasteiger partial charge is 0.366 e. The van der Waals surface area contributed by atoms with Crippen molar-refractivity contribution in [1.29, 1.82) is 0 Å². The topological polar surface area (TPSA) is 39.6 Å². The lowest BCUT2D eigenvalue weighted by molar-refractivity contribution is 0.295. The van der Waals surface area contributed by atoms with Gasteiger partial charge in [0.05, 0.1) is 16.9 Å². The molecule has 1 aliphatic heterocycles. The van der Waals surface area contributed by atoms with E-state index in [0.29, 0.717) is 5.69 Å². The normalized spacial score (nSPS) is 13.6. The minimum atomic E-state index is -1.08. The van der Waals surface area contributed by atoms with Gasteiger partial charge in [0.2, 0.25) is 0 Å². The molecule has 1 aromatic heterocycles. The zero-order valence-corrected chi connectivity index (χ0v) is 36.1. The third-order valence-corrected chi connectivity index (χ3v) is 12.1. The van der Waals surface area contributed by atoms with Crippen LogP contribution in [0.3, 0.4) is 0 Å². The molecule has 0 fully saturated rings. The number of aromatic nitrogens is 2. The van der Waals surface area contributed by atoms with Gasteiger partial charge in [-0.2, -0.15) is 0 Å². The van der Waals surface area contributed by atoms with Crippen LogP contribution >= 0.6 is 0 Å². The highest BCUT2D eigenvalue weighted by atomic mass is 19.2. The van der Waals surface area contributed by atoms with Gasteiger partial charge < -0.3 is 15.1 Å². The van der Waals surface area contributed by atoms with Crippen LogP contribution in [0.5, 0.6) is 0 Å². The average molecular weight is 815 g/mol. The highest BCUT2D eigenvalue weighted by Gasteiger charge is 2.37. The number of aryl methyl sites for hydroxylation is 4. The van der Waals surface area contributed by atoms with Gasteiger partial charge >= 0.3 is 0 Å². The second-order valence-electron chi connectivity index (χ2n) is 16.6. The molecule has 0 bridgehead atoms. The van der Waals surface area contributed by atoms with Crippen LogP contribution in [0.2, 0.25) is 0 Å². The second kappa shape index (κ2) is 16.6. The Kier molecular flexibility index (Phi) is 10.7. The first kappa shape index (κ1) is 40.0. The van der Waals surface area contributed by atoms with Gasteiger partial charge in [-0.3, -0.25) is 4.57 Å². The molecule has 2 heterocycles. The zero-order chi connectivity index (χ0) is 43.0. The molecule has 8 aromatic rings. The van der Waals surface area contributed by atoms with Crippen LogP contribution in [-0.2, 0) is 5.54 Å². The van der Waals surface area contributed by atoms with Gasteiger partial charge in [0.15, 0.2) is 0 Å². The van der Waals surface area contributed by atoms with Crippen molar-refractivity contribution in [3.8, 4) is 28.2 Å². The highest BCUT2D eigenvalue weighted by molar-refractivity contribution is 5.81. The predicted molar refractivity (Wildman–Crippen MR) is 255 cm³/mol. The second-order valence-corrected chi connectivity index (χ2v) is 16.6. The number of nitrogens with zero attached hydrogens (tertiary/aromatic N) is 5. The molecule has 6 nitrogen and oxygen atoms in total. The Morgan fingerprint density at radius 1 is 0.597 bits per heavy atom. The van der Waals surface area contributed by atoms with E-state index in [1.165, 1.54) is 0 Å². The van der Waals surface area contributed by atoms with Gasteiger partial charge in [0.25, 0.3) is 0 Å². The molecule has 1 atom stereocenters. The minimum Gasteiger partial charge on any atom is -0.366 e. The van der Waals surface area contributed by atoms with E-state index in [4.69, 9.17) is 4.98 Å². The van der Waals surface area contributed by atoms with Crippen molar-refractivity contribution in [2.24, 2.45) is 0 Å². The summed E-state index contributed by atoms with van der Waals surface area (Å²) in [6.07, 6.45) is 7.47. The van der Waals surface area contributed by atoms with Gasteiger partial charge in [0, 0.05) is 58.7 Å². The Labute approximate surface area is 364 Å². The van der Waals surface area contributed by atoms with Gasteiger partial charge in [-0.15, -0.1) is 0 Å². The van der Waals surface area contributed by atoms with Crippen molar-refractivity contribution in [3.05, 3.63) is 222 Å². The summed E-state index contributed by atoms with van der Waals surface area (Å²) in [6, 6.07) is 56.3. The fourth-order valence-corrected chi connectivity index (χ4v) is 9.16. The van der Waals surface area contributed by atoms with E-state index in [9.17, 15) is 0 Å². The Balaban J connectivity index is 1.04. The number of anilines is 5. The number of rotatable bonds is 11. The first-order valence-corrected chi connectivity index (χ1v) is 21.2. The highest BCUT2D eigenvalue weighted by Crippen LogP contribution is 2.45. The molecule has 0 saturated carbocycles. The first-order valence-electron chi connectivity index (χ1n) is 21.2. The molecule has 1 N–H and O–H groups in total. The van der Waals surface area contributed by atoms with Crippen LogP contribution in [0.25, 0.3) is 28.2 Å². The Morgan fingerprint density at radius 3 is 1.89 bits per heavy atom. The number of halogens is 1. The summed E-state index contributed by atoms with van der Waals surface area (Å²) < 4.78 is 19.8. The summed E-state index contributed by atoms with van der Waals surface area (Å²) in [6.45, 7) is 12.4. The summed E-state index contributed by atoms with van der Waals surface area (Å²) in [5.74, 6) is 0.770. The van der Waals surface area contributed by atoms with E-state index in [2.05, 4.69) is 157 Å². The molecule has 7 heteroatoms. The van der Waals surface area contributed by atoms with E-state index in [0.717, 1.165) is 89.5 Å². The third-order valence-electron chi connectivity index (χ3n) is 12.1. The molecule has 308 valence electrons. The van der Waals surface area contributed by atoms with Crippen LogP contribution < -0.4 is 20.2 Å². The van der Waals surface area contributed by atoms with Crippen LogP contribution in [0.4, 0.5) is 32.9 Å². The summed E-state index contributed by atoms with van der Waals surface area (Å²) in [7, 11) is 0. The molecule has 0 aliphatic carbocycles. The standard InChI is InChI=1S/C55H51FN6/c1-38-19-17-20-39(2)51(38)59-33-31-57-53(59)47-27-13-15-29-49(47)55(5,6)62(56)50-30-16-14-28-48(50)54-58-32-34-60(54)52-40(3)35-43(36-41(52)4)42-21-18-26-46(37-42)61(44-22-9-7-10-23-44)45-24-11-8-12-25-45/h7-37,54,58H,1-6H3. The fraction of sp³-hybridized carbons (Fsp3) is 0.145. The fourth-order valence-electron chi connectivity index (χ4n) is 9.16. The van der Waals surface area contributed by atoms with Crippen LogP contribution in [0.1, 0.15) is 53.4 Å². The average Bonchev–Trinajstić information content (AvgIpc) is 3.98. The molecular weight excluding hydrogens is 764 g/mol. The summed E-state index contributed by atoms with van der Waals surface area (Å²) >= 11 is 0. The van der Waals surface area contributed by atoms with Gasteiger partial charge in [-0.05, 0) is 135 Å². The lowest BCUT2D eigenvalue weighted by Gasteiger charge is -2.37. The quantitative estimate of drug-likeness (QED) is 0.132. The molecular formula is C55H51FN6. The Hall–Kier alpha value is -7.38. The van der Waals surface area contributed by atoms with E-state index in [-0.39, 0.29) is 6.17 Å². The Morgan fingerprint density at radius 2 is 1.19 bits per heavy atom. The van der Waals surface area contributed by atoms with Crippen molar-refractivity contribution >= 4 is 28.4 Å². The van der Waals surface area contributed by atoms with E-state index >= 15 is 4.48 Å². The summed E-state index contributed by atoms with van der Waals surface area (Å²) in [5.41, 5.74) is 14.1. The van der Waals surface area contributed by atoms with Gasteiger partial charge in [0.1, 0.15) is 12.0 Å². The maximum atomic E-state index is 17.7. The maximum absolute atomic E-state index is 17.7. The van der Waals surface area contributed by atoms with Crippen molar-refractivity contribution in [2.75, 3.05) is 14.9 Å². The van der Waals surface area contributed by atoms with Crippen LogP contribution in [0.15, 0.2) is 189 Å². The van der Waals surface area contributed by atoms with Crippen molar-refractivity contribution in [2.45, 2.75) is 53.2 Å². The van der Waals surface area contributed by atoms with Crippen molar-refractivity contribution in [1.82, 2.24) is 14.9 Å². The smallest absolute Gasteiger partial charge is 0.144 e. The van der Waals surface area contributed by atoms with E-state index in [1.807, 2.05) is 93.1 Å². The predicted octanol–water partition coefficient (Wildman–Crippen LogP) is 14.1. The van der Waals surface area contributed by atoms with Crippen molar-refractivity contribution in [3.63, 3.8) is 0 Å².